The zero-order valence-corrected chi connectivity index (χ0v) is 6.07. The molecule has 0 aromatic heterocycles. The summed E-state index contributed by atoms with van der Waals surface area (Å²) in [7, 11) is 0. The standard InChI is InChI=1S/C9H10O2/c10-8-4-7-9(11)5-2-1-3-6-9/h1-3,5,7-8,10-11H,6H2. The first kappa shape index (κ1) is 7.86. The second kappa shape index (κ2) is 3.24. The molecule has 0 saturated carbocycles. The number of allylic oxidation sites excluding steroid dienone is 2. The summed E-state index contributed by atoms with van der Waals surface area (Å²) in [6, 6.07) is 0. The lowest BCUT2D eigenvalue weighted by Gasteiger charge is -2.18. The first-order valence-electron chi connectivity index (χ1n) is 3.40. The van der Waals surface area contributed by atoms with Crippen molar-refractivity contribution < 1.29 is 10.2 Å². The highest BCUT2D eigenvalue weighted by atomic mass is 16.3. The molecule has 0 heterocycles. The van der Waals surface area contributed by atoms with Gasteiger partial charge in [0.05, 0.1) is 0 Å². The molecule has 2 N–H and O–H groups in total. The highest BCUT2D eigenvalue weighted by Crippen LogP contribution is 2.17. The summed E-state index contributed by atoms with van der Waals surface area (Å²) < 4.78 is 0. The molecular formula is C9H10O2. The van der Waals surface area contributed by atoms with Crippen molar-refractivity contribution in [2.24, 2.45) is 0 Å². The molecule has 0 spiro atoms. The van der Waals surface area contributed by atoms with Crippen molar-refractivity contribution in [1.82, 2.24) is 0 Å². The van der Waals surface area contributed by atoms with Crippen LogP contribution in [0.3, 0.4) is 0 Å². The Kier molecular flexibility index (Phi) is 2.32. The number of hydrogen-bond donors (Lipinski definition) is 2. The van der Waals surface area contributed by atoms with Crippen molar-refractivity contribution in [2.45, 2.75) is 12.0 Å². The molecule has 2 nitrogen and oxygen atoms in total. The molecule has 0 amide bonds. The Hall–Kier alpha value is -1.24. The molecule has 1 aliphatic rings. The van der Waals surface area contributed by atoms with Gasteiger partial charge in [-0.2, -0.15) is 0 Å². The molecule has 2 heteroatoms. The first-order valence-corrected chi connectivity index (χ1v) is 3.40. The van der Waals surface area contributed by atoms with Crippen LogP contribution in [0, 0.1) is 0 Å². The van der Waals surface area contributed by atoms with Gasteiger partial charge in [-0.15, -0.1) is 0 Å². The van der Waals surface area contributed by atoms with Crippen molar-refractivity contribution in [3.05, 3.63) is 42.4 Å². The number of rotatable bonds is 1. The van der Waals surface area contributed by atoms with Crippen LogP contribution in [0.5, 0.6) is 0 Å². The van der Waals surface area contributed by atoms with Crippen LogP contribution in [0.15, 0.2) is 42.4 Å². The van der Waals surface area contributed by atoms with Gasteiger partial charge in [0.15, 0.2) is 0 Å². The number of aliphatic hydroxyl groups excluding tert-OH is 1. The van der Waals surface area contributed by atoms with Crippen LogP contribution in [0.1, 0.15) is 6.42 Å². The summed E-state index contributed by atoms with van der Waals surface area (Å²) in [6.07, 6.45) is 9.88. The largest absolute Gasteiger partial charge is 0.507 e. The first-order chi connectivity index (χ1) is 5.27. The molecule has 1 rings (SSSR count). The van der Waals surface area contributed by atoms with E-state index in [1.807, 2.05) is 12.2 Å². The fourth-order valence-corrected chi connectivity index (χ4v) is 0.914. The summed E-state index contributed by atoms with van der Waals surface area (Å²) in [6.45, 7) is 0. The van der Waals surface area contributed by atoms with Crippen LogP contribution < -0.4 is 0 Å². The molecular weight excluding hydrogens is 140 g/mol. The van der Waals surface area contributed by atoms with Crippen LogP contribution in [0.2, 0.25) is 0 Å². The minimum atomic E-state index is -0.964. The van der Waals surface area contributed by atoms with E-state index in [1.165, 1.54) is 6.08 Å². The van der Waals surface area contributed by atoms with Crippen LogP contribution in [0.25, 0.3) is 0 Å². The van der Waals surface area contributed by atoms with Gasteiger partial charge in [0.2, 0.25) is 0 Å². The minimum absolute atomic E-state index is 0.532. The summed E-state index contributed by atoms with van der Waals surface area (Å²) in [5.41, 5.74) is 1.46. The molecule has 0 aliphatic heterocycles. The highest BCUT2D eigenvalue weighted by Gasteiger charge is 2.18. The second-order valence-corrected chi connectivity index (χ2v) is 2.42. The Morgan fingerprint density at radius 1 is 1.45 bits per heavy atom. The Labute approximate surface area is 65.5 Å². The summed E-state index contributed by atoms with van der Waals surface area (Å²) in [4.78, 5) is 0. The monoisotopic (exact) mass is 150 g/mol. The fourth-order valence-electron chi connectivity index (χ4n) is 0.914. The highest BCUT2D eigenvalue weighted by molar-refractivity contribution is 5.23. The molecule has 0 aromatic carbocycles. The van der Waals surface area contributed by atoms with E-state index in [0.29, 0.717) is 6.42 Å². The van der Waals surface area contributed by atoms with Gasteiger partial charge in [-0.25, -0.2) is 0 Å². The Morgan fingerprint density at radius 3 is 2.82 bits per heavy atom. The van der Waals surface area contributed by atoms with Gasteiger partial charge in [-0.3, -0.25) is 0 Å². The minimum Gasteiger partial charge on any atom is -0.507 e. The predicted octanol–water partition coefficient (Wildman–Crippen LogP) is 1.46. The van der Waals surface area contributed by atoms with Crippen molar-refractivity contribution in [3.63, 3.8) is 0 Å². The molecule has 1 aliphatic carbocycles. The molecule has 0 fully saturated rings. The van der Waals surface area contributed by atoms with Gasteiger partial charge in [0, 0.05) is 6.42 Å². The van der Waals surface area contributed by atoms with Crippen LogP contribution in [-0.4, -0.2) is 15.8 Å². The second-order valence-electron chi connectivity index (χ2n) is 2.42. The van der Waals surface area contributed by atoms with Gasteiger partial charge < -0.3 is 10.2 Å². The normalized spacial score (nSPS) is 27.7. The van der Waals surface area contributed by atoms with Crippen molar-refractivity contribution >= 4 is 0 Å². The van der Waals surface area contributed by atoms with Crippen LogP contribution >= 0.6 is 0 Å². The van der Waals surface area contributed by atoms with Crippen molar-refractivity contribution in [3.8, 4) is 0 Å². The van der Waals surface area contributed by atoms with Gasteiger partial charge in [-0.05, 0) is 12.2 Å². The molecule has 0 saturated heterocycles. The molecule has 1 atom stereocenters. The van der Waals surface area contributed by atoms with Crippen molar-refractivity contribution in [1.29, 1.82) is 0 Å². The van der Waals surface area contributed by atoms with E-state index in [4.69, 9.17) is 5.11 Å². The van der Waals surface area contributed by atoms with Gasteiger partial charge in [0.1, 0.15) is 11.9 Å². The van der Waals surface area contributed by atoms with E-state index in [1.54, 1.807) is 12.2 Å². The average molecular weight is 150 g/mol. The van der Waals surface area contributed by atoms with E-state index in [0.717, 1.165) is 6.26 Å². The van der Waals surface area contributed by atoms with Crippen molar-refractivity contribution in [2.75, 3.05) is 0 Å². The maximum atomic E-state index is 9.62. The van der Waals surface area contributed by atoms with Gasteiger partial charge in [0.25, 0.3) is 0 Å². The lowest BCUT2D eigenvalue weighted by atomic mass is 9.96. The number of aliphatic hydroxyl groups is 2. The van der Waals surface area contributed by atoms with E-state index in [-0.39, 0.29) is 0 Å². The zero-order chi connectivity index (χ0) is 8.16. The average Bonchev–Trinajstić information content (AvgIpc) is 2.03. The lowest BCUT2D eigenvalue weighted by Crippen LogP contribution is -2.22. The summed E-state index contributed by atoms with van der Waals surface area (Å²) >= 11 is 0. The number of hydrogen-bond acceptors (Lipinski definition) is 2. The SMILES string of the molecule is OC=C=CC1(O)C=CC=CC1. The predicted molar refractivity (Wildman–Crippen MR) is 43.1 cm³/mol. The molecule has 58 valence electrons. The third-order valence-electron chi connectivity index (χ3n) is 1.48. The third kappa shape index (κ3) is 2.11. The van der Waals surface area contributed by atoms with E-state index < -0.39 is 5.60 Å². The maximum Gasteiger partial charge on any atom is 0.121 e. The molecule has 11 heavy (non-hydrogen) atoms. The quantitative estimate of drug-likeness (QED) is 0.439. The summed E-state index contributed by atoms with van der Waals surface area (Å²) in [5, 5.41) is 17.9. The summed E-state index contributed by atoms with van der Waals surface area (Å²) in [5.74, 6) is 0. The molecule has 0 bridgehead atoms. The molecule has 0 aromatic rings. The zero-order valence-electron chi connectivity index (χ0n) is 6.07. The van der Waals surface area contributed by atoms with Gasteiger partial charge >= 0.3 is 0 Å². The fraction of sp³-hybridized carbons (Fsp3) is 0.222. The van der Waals surface area contributed by atoms with Crippen LogP contribution in [-0.2, 0) is 0 Å². The van der Waals surface area contributed by atoms with E-state index in [9.17, 15) is 5.11 Å². The third-order valence-corrected chi connectivity index (χ3v) is 1.48. The lowest BCUT2D eigenvalue weighted by molar-refractivity contribution is 0.145. The Bertz CT molecular complexity index is 244. The smallest absolute Gasteiger partial charge is 0.121 e. The molecule has 0 radical (unpaired) electrons. The van der Waals surface area contributed by atoms with Gasteiger partial charge in [-0.1, -0.05) is 24.0 Å². The topological polar surface area (TPSA) is 40.5 Å². The Morgan fingerprint density at radius 2 is 2.27 bits per heavy atom. The van der Waals surface area contributed by atoms with E-state index >= 15 is 0 Å². The maximum absolute atomic E-state index is 9.62. The Balaban J connectivity index is 2.76. The van der Waals surface area contributed by atoms with E-state index in [2.05, 4.69) is 5.73 Å². The van der Waals surface area contributed by atoms with Crippen LogP contribution in [0.4, 0.5) is 0 Å². The molecule has 1 unspecified atom stereocenters.